The van der Waals surface area contributed by atoms with E-state index in [0.717, 1.165) is 0 Å². The lowest BCUT2D eigenvalue weighted by atomic mass is 10.2. The summed E-state index contributed by atoms with van der Waals surface area (Å²) >= 11 is 0. The first kappa shape index (κ1) is 17.6. The van der Waals surface area contributed by atoms with Crippen LogP contribution in [0.5, 0.6) is 0 Å². The number of halogens is 1. The van der Waals surface area contributed by atoms with Gasteiger partial charge in [0.2, 0.25) is 0 Å². The fraction of sp³-hybridized carbons (Fsp3) is 0.800. The first-order valence-electron chi connectivity index (χ1n) is 4.96. The summed E-state index contributed by atoms with van der Waals surface area (Å²) in [4.78, 5) is 21.6. The van der Waals surface area contributed by atoms with Gasteiger partial charge < -0.3 is 14.3 Å². The number of quaternary nitrogens is 1. The smallest absolute Gasteiger partial charge is 0.307 e. The topological polar surface area (TPSA) is 63.6 Å². The minimum absolute atomic E-state index is 0. The molecule has 0 spiro atoms. The highest BCUT2D eigenvalue weighted by molar-refractivity contribution is 5.85. The molecule has 0 aliphatic heterocycles. The van der Waals surface area contributed by atoms with Crippen molar-refractivity contribution in [2.24, 2.45) is 0 Å². The Morgan fingerprint density at radius 1 is 1.31 bits per heavy atom. The van der Waals surface area contributed by atoms with Gasteiger partial charge >= 0.3 is 11.9 Å². The molecule has 0 unspecified atom stereocenters. The van der Waals surface area contributed by atoms with E-state index in [9.17, 15) is 9.59 Å². The predicted octanol–water partition coefficient (Wildman–Crippen LogP) is 0.911. The molecule has 0 heterocycles. The first-order chi connectivity index (χ1) is 6.74. The van der Waals surface area contributed by atoms with Crippen LogP contribution < -0.4 is 0 Å². The highest BCUT2D eigenvalue weighted by Crippen LogP contribution is 2.06. The highest BCUT2D eigenvalue weighted by Gasteiger charge is 2.23. The molecule has 0 saturated carbocycles. The SMILES string of the molecule is CCC(=O)O[C@H](CC(=O)O)C[N+](C)(C)C.Cl. The second-order valence-corrected chi connectivity index (χ2v) is 4.54. The summed E-state index contributed by atoms with van der Waals surface area (Å²) in [6.07, 6.45) is -0.413. The maximum absolute atomic E-state index is 11.1. The summed E-state index contributed by atoms with van der Waals surface area (Å²) < 4.78 is 5.62. The number of ether oxygens (including phenoxy) is 1. The van der Waals surface area contributed by atoms with Crippen LogP contribution in [0.4, 0.5) is 0 Å². The lowest BCUT2D eigenvalue weighted by molar-refractivity contribution is -0.873. The van der Waals surface area contributed by atoms with Crippen LogP contribution >= 0.6 is 12.4 Å². The number of nitrogens with zero attached hydrogens (tertiary/aromatic N) is 1. The average Bonchev–Trinajstić information content (AvgIpc) is 1.99. The van der Waals surface area contributed by atoms with Crippen molar-refractivity contribution < 1.29 is 23.9 Å². The van der Waals surface area contributed by atoms with E-state index in [1.54, 1.807) is 6.92 Å². The molecule has 0 bridgehead atoms. The lowest BCUT2D eigenvalue weighted by Crippen LogP contribution is -2.43. The first-order valence-corrected chi connectivity index (χ1v) is 4.96. The Morgan fingerprint density at radius 3 is 2.12 bits per heavy atom. The van der Waals surface area contributed by atoms with E-state index < -0.39 is 12.1 Å². The van der Waals surface area contributed by atoms with Gasteiger partial charge in [0.15, 0.2) is 6.10 Å². The Kier molecular flexibility index (Phi) is 8.20. The molecule has 1 atom stereocenters. The van der Waals surface area contributed by atoms with E-state index in [4.69, 9.17) is 9.84 Å². The van der Waals surface area contributed by atoms with E-state index in [1.807, 2.05) is 21.1 Å². The van der Waals surface area contributed by atoms with E-state index in [2.05, 4.69) is 0 Å². The molecule has 0 fully saturated rings. The van der Waals surface area contributed by atoms with Gasteiger partial charge in [-0.15, -0.1) is 12.4 Å². The summed E-state index contributed by atoms with van der Waals surface area (Å²) in [6.45, 7) is 2.18. The molecule has 0 aliphatic carbocycles. The summed E-state index contributed by atoms with van der Waals surface area (Å²) in [5.41, 5.74) is 0. The van der Waals surface area contributed by atoms with Gasteiger partial charge in [0.25, 0.3) is 0 Å². The monoisotopic (exact) mass is 254 g/mol. The average molecular weight is 255 g/mol. The predicted molar refractivity (Wildman–Crippen MR) is 62.6 cm³/mol. The molecular weight excluding hydrogens is 234 g/mol. The highest BCUT2D eigenvalue weighted by atomic mass is 35.5. The molecule has 0 saturated heterocycles. The second-order valence-electron chi connectivity index (χ2n) is 4.54. The summed E-state index contributed by atoms with van der Waals surface area (Å²) in [5.74, 6) is -1.30. The largest absolute Gasteiger partial charge is 0.481 e. The molecule has 0 aromatic carbocycles. The van der Waals surface area contributed by atoms with E-state index in [-0.39, 0.29) is 31.2 Å². The third-order valence-corrected chi connectivity index (χ3v) is 1.74. The van der Waals surface area contributed by atoms with Crippen LogP contribution in [0.2, 0.25) is 0 Å². The number of hydrogen-bond donors (Lipinski definition) is 1. The molecule has 0 amide bonds. The van der Waals surface area contributed by atoms with E-state index >= 15 is 0 Å². The van der Waals surface area contributed by atoms with Crippen LogP contribution in [0.3, 0.4) is 0 Å². The zero-order valence-corrected chi connectivity index (χ0v) is 11.0. The zero-order valence-electron chi connectivity index (χ0n) is 10.2. The van der Waals surface area contributed by atoms with Crippen molar-refractivity contribution in [3.8, 4) is 0 Å². The number of aliphatic carboxylic acids is 1. The summed E-state index contributed by atoms with van der Waals surface area (Å²) in [6, 6.07) is 0. The Morgan fingerprint density at radius 2 is 1.81 bits per heavy atom. The maximum Gasteiger partial charge on any atom is 0.307 e. The molecule has 0 aromatic heterocycles. The number of carbonyl (C=O) groups excluding carboxylic acids is 1. The Hall–Kier alpha value is -0.810. The lowest BCUT2D eigenvalue weighted by Gasteiger charge is -2.28. The van der Waals surface area contributed by atoms with E-state index in [1.165, 1.54) is 0 Å². The van der Waals surface area contributed by atoms with Crippen LogP contribution in [0.25, 0.3) is 0 Å². The standard InChI is InChI=1S/C10H19NO4.ClH/c1-5-10(14)15-8(6-9(12)13)7-11(2,3)4;/h8H,5-7H2,1-4H3;1H/p+1/t8-;/m1./s1. The quantitative estimate of drug-likeness (QED) is 0.565. The molecule has 0 rings (SSSR count). The van der Waals surface area contributed by atoms with Crippen molar-refractivity contribution >= 4 is 24.3 Å². The molecule has 6 heteroatoms. The van der Waals surface area contributed by atoms with Gasteiger partial charge in [-0.3, -0.25) is 9.59 Å². The van der Waals surface area contributed by atoms with Gasteiger partial charge in [-0.2, -0.15) is 0 Å². The van der Waals surface area contributed by atoms with Crippen molar-refractivity contribution in [2.45, 2.75) is 25.9 Å². The number of hydrogen-bond acceptors (Lipinski definition) is 3. The van der Waals surface area contributed by atoms with Gasteiger partial charge in [-0.05, 0) is 0 Å². The maximum atomic E-state index is 11.1. The van der Waals surface area contributed by atoms with Crippen LogP contribution in [0.15, 0.2) is 0 Å². The fourth-order valence-electron chi connectivity index (χ4n) is 1.22. The summed E-state index contributed by atoms with van der Waals surface area (Å²) in [5, 5.41) is 8.67. The van der Waals surface area contributed by atoms with Crippen molar-refractivity contribution in [3.05, 3.63) is 0 Å². The van der Waals surface area contributed by atoms with Gasteiger partial charge in [-0.25, -0.2) is 0 Å². The normalized spacial score (nSPS) is 12.5. The molecule has 16 heavy (non-hydrogen) atoms. The Bertz CT molecular complexity index is 237. The molecule has 0 radical (unpaired) electrons. The van der Waals surface area contributed by atoms with Crippen LogP contribution in [0, 0.1) is 0 Å². The minimum Gasteiger partial charge on any atom is -0.481 e. The van der Waals surface area contributed by atoms with Crippen LogP contribution in [-0.2, 0) is 14.3 Å². The number of likely N-dealkylation sites (N-methyl/N-ethyl adjacent to an activating group) is 1. The van der Waals surface area contributed by atoms with Crippen LogP contribution in [-0.4, -0.2) is 55.3 Å². The Labute approximate surface area is 102 Å². The molecule has 5 nitrogen and oxygen atoms in total. The number of carboxylic acid groups (broad SMARTS) is 1. The third kappa shape index (κ3) is 9.73. The number of carbonyl (C=O) groups is 2. The number of carboxylic acids is 1. The van der Waals surface area contributed by atoms with Gasteiger partial charge in [-0.1, -0.05) is 6.92 Å². The van der Waals surface area contributed by atoms with Crippen molar-refractivity contribution in [1.82, 2.24) is 0 Å². The molecule has 0 aromatic rings. The zero-order chi connectivity index (χ0) is 12.1. The van der Waals surface area contributed by atoms with Gasteiger partial charge in [0, 0.05) is 6.42 Å². The van der Waals surface area contributed by atoms with E-state index in [0.29, 0.717) is 11.0 Å². The van der Waals surface area contributed by atoms with Gasteiger partial charge in [0.05, 0.1) is 27.6 Å². The molecule has 1 N–H and O–H groups in total. The van der Waals surface area contributed by atoms with Crippen molar-refractivity contribution in [2.75, 3.05) is 27.7 Å². The van der Waals surface area contributed by atoms with Crippen molar-refractivity contribution in [1.29, 1.82) is 0 Å². The van der Waals surface area contributed by atoms with Crippen molar-refractivity contribution in [3.63, 3.8) is 0 Å². The summed E-state index contributed by atoms with van der Waals surface area (Å²) in [7, 11) is 5.78. The number of esters is 1. The third-order valence-electron chi connectivity index (χ3n) is 1.74. The molecule has 96 valence electrons. The second kappa shape index (κ2) is 7.46. The number of rotatable bonds is 6. The molecular formula is C10H21ClNO4+. The minimum atomic E-state index is -0.947. The molecule has 0 aliphatic rings. The fourth-order valence-corrected chi connectivity index (χ4v) is 1.22. The van der Waals surface area contributed by atoms with Gasteiger partial charge in [0.1, 0.15) is 6.54 Å². The van der Waals surface area contributed by atoms with Crippen LogP contribution in [0.1, 0.15) is 19.8 Å². The Balaban J connectivity index is 0.